The minimum atomic E-state index is -0.924. The Morgan fingerprint density at radius 2 is 2.00 bits per heavy atom. The molecule has 0 aliphatic heterocycles. The molecule has 0 fully saturated rings. The Morgan fingerprint density at radius 3 is 2.52 bits per heavy atom. The molecule has 0 aromatic heterocycles. The van der Waals surface area contributed by atoms with Crippen LogP contribution in [0.4, 0.5) is 19.3 Å². The highest BCUT2D eigenvalue weighted by atomic mass is 19.1. The molecule has 0 radical (unpaired) electrons. The van der Waals surface area contributed by atoms with E-state index in [4.69, 9.17) is 12.2 Å². The highest BCUT2D eigenvalue weighted by Gasteiger charge is 2.16. The summed E-state index contributed by atoms with van der Waals surface area (Å²) in [5.41, 5.74) is 4.77. The molecule has 0 atom stereocenters. The predicted octanol–water partition coefficient (Wildman–Crippen LogP) is 1.25. The van der Waals surface area contributed by atoms with E-state index in [9.17, 15) is 18.4 Å². The van der Waals surface area contributed by atoms with Crippen LogP contribution in [0.2, 0.25) is 0 Å². The van der Waals surface area contributed by atoms with Gasteiger partial charge in [0, 0.05) is 6.54 Å². The number of halogens is 2. The molecule has 0 saturated carbocycles. The first-order valence-corrected chi connectivity index (χ1v) is 6.74. The van der Waals surface area contributed by atoms with E-state index in [-0.39, 0.29) is 31.8 Å². The molecule has 0 spiro atoms. The quantitative estimate of drug-likeness (QED) is 0.468. The lowest BCUT2D eigenvalue weighted by Gasteiger charge is -2.21. The first-order valence-electron chi connectivity index (χ1n) is 6.74. The summed E-state index contributed by atoms with van der Waals surface area (Å²) in [6.07, 6.45) is 5.18. The molecule has 6 nitrogen and oxygen atoms in total. The molecule has 1 aromatic rings. The lowest BCUT2D eigenvalue weighted by atomic mass is 10.1. The van der Waals surface area contributed by atoms with Crippen LogP contribution in [0.3, 0.4) is 0 Å². The third kappa shape index (κ3) is 5.47. The standard InChI is InChI=1S/C15H17F2N3O3/c1-3-5-20(15(22)19-8-13(21)23-4-2)9-10-6-11(16)14(18)12(17)7-10/h1,6-7H,4-5,8-9,18H2,2H3,(H,19,22). The van der Waals surface area contributed by atoms with Crippen molar-refractivity contribution in [3.63, 3.8) is 0 Å². The maximum atomic E-state index is 13.4. The summed E-state index contributed by atoms with van der Waals surface area (Å²) in [6.45, 7) is 1.23. The number of esters is 1. The molecule has 0 saturated heterocycles. The van der Waals surface area contributed by atoms with Crippen LogP contribution in [0.25, 0.3) is 0 Å². The van der Waals surface area contributed by atoms with Crippen molar-refractivity contribution in [3.05, 3.63) is 29.3 Å². The highest BCUT2D eigenvalue weighted by molar-refractivity contribution is 5.81. The van der Waals surface area contributed by atoms with Gasteiger partial charge in [-0.05, 0) is 24.6 Å². The van der Waals surface area contributed by atoms with E-state index in [1.165, 1.54) is 0 Å². The minimum absolute atomic E-state index is 0.109. The van der Waals surface area contributed by atoms with Crippen LogP contribution in [-0.2, 0) is 16.1 Å². The number of carbonyl (C=O) groups excluding carboxylic acids is 2. The van der Waals surface area contributed by atoms with Crippen LogP contribution >= 0.6 is 0 Å². The van der Waals surface area contributed by atoms with E-state index in [0.717, 1.165) is 17.0 Å². The number of hydrogen-bond acceptors (Lipinski definition) is 4. The fourth-order valence-corrected chi connectivity index (χ4v) is 1.73. The summed E-state index contributed by atoms with van der Waals surface area (Å²) in [4.78, 5) is 24.3. The Bertz CT molecular complexity index is 606. The van der Waals surface area contributed by atoms with Gasteiger partial charge in [0.25, 0.3) is 0 Å². The second kappa shape index (κ2) is 8.58. The van der Waals surface area contributed by atoms with Gasteiger partial charge in [-0.2, -0.15) is 0 Å². The lowest BCUT2D eigenvalue weighted by molar-refractivity contribution is -0.141. The van der Waals surface area contributed by atoms with Crippen LogP contribution < -0.4 is 11.1 Å². The highest BCUT2D eigenvalue weighted by Crippen LogP contribution is 2.18. The average Bonchev–Trinajstić information content (AvgIpc) is 2.50. The molecule has 0 aliphatic rings. The number of ether oxygens (including phenoxy) is 1. The van der Waals surface area contributed by atoms with Gasteiger partial charge in [-0.15, -0.1) is 6.42 Å². The van der Waals surface area contributed by atoms with Crippen LogP contribution in [-0.4, -0.2) is 36.6 Å². The predicted molar refractivity (Wildman–Crippen MR) is 80.0 cm³/mol. The van der Waals surface area contributed by atoms with E-state index >= 15 is 0 Å². The number of carbonyl (C=O) groups is 2. The van der Waals surface area contributed by atoms with E-state index in [1.807, 2.05) is 0 Å². The summed E-state index contributed by atoms with van der Waals surface area (Å²) < 4.78 is 31.5. The number of rotatable bonds is 6. The summed E-state index contributed by atoms with van der Waals surface area (Å²) in [6, 6.07) is 1.37. The number of nitrogens with one attached hydrogen (secondary N) is 1. The summed E-state index contributed by atoms with van der Waals surface area (Å²) in [5, 5.41) is 2.32. The van der Waals surface area contributed by atoms with E-state index < -0.39 is 29.3 Å². The van der Waals surface area contributed by atoms with Gasteiger partial charge >= 0.3 is 12.0 Å². The Balaban J connectivity index is 2.77. The van der Waals surface area contributed by atoms with Gasteiger partial charge in [-0.25, -0.2) is 13.6 Å². The number of terminal acetylenes is 1. The largest absolute Gasteiger partial charge is 0.465 e. The number of nitrogens with two attached hydrogens (primary N) is 1. The smallest absolute Gasteiger partial charge is 0.325 e. The van der Waals surface area contributed by atoms with E-state index in [0.29, 0.717) is 0 Å². The minimum Gasteiger partial charge on any atom is -0.465 e. The molecule has 8 heteroatoms. The number of amides is 2. The van der Waals surface area contributed by atoms with Crippen LogP contribution in [0, 0.1) is 24.0 Å². The Hall–Kier alpha value is -2.82. The second-order valence-electron chi connectivity index (χ2n) is 4.50. The third-order valence-corrected chi connectivity index (χ3v) is 2.77. The van der Waals surface area contributed by atoms with Crippen molar-refractivity contribution in [2.45, 2.75) is 13.5 Å². The fourth-order valence-electron chi connectivity index (χ4n) is 1.73. The Kier molecular flexibility index (Phi) is 6.80. The third-order valence-electron chi connectivity index (χ3n) is 2.77. The van der Waals surface area contributed by atoms with Gasteiger partial charge in [-0.3, -0.25) is 4.79 Å². The molecule has 1 rings (SSSR count). The number of anilines is 1. The van der Waals surface area contributed by atoms with Gasteiger partial charge in [0.2, 0.25) is 0 Å². The van der Waals surface area contributed by atoms with Gasteiger partial charge in [0.15, 0.2) is 0 Å². The summed E-state index contributed by atoms with van der Waals surface area (Å²) >= 11 is 0. The molecular weight excluding hydrogens is 308 g/mol. The van der Waals surface area contributed by atoms with Crippen molar-refractivity contribution >= 4 is 17.7 Å². The van der Waals surface area contributed by atoms with Gasteiger partial charge in [-0.1, -0.05) is 5.92 Å². The van der Waals surface area contributed by atoms with Gasteiger partial charge in [0.1, 0.15) is 23.9 Å². The summed E-state index contributed by atoms with van der Waals surface area (Å²) in [7, 11) is 0. The maximum absolute atomic E-state index is 13.4. The van der Waals surface area contributed by atoms with Crippen LogP contribution in [0.15, 0.2) is 12.1 Å². The molecule has 0 unspecified atom stereocenters. The molecule has 124 valence electrons. The Labute approximate surface area is 132 Å². The zero-order chi connectivity index (χ0) is 17.4. The van der Waals surface area contributed by atoms with Crippen molar-refractivity contribution in [1.29, 1.82) is 0 Å². The average molecular weight is 325 g/mol. The van der Waals surface area contributed by atoms with Crippen molar-refractivity contribution in [3.8, 4) is 12.3 Å². The number of nitrogens with zero attached hydrogens (tertiary/aromatic N) is 1. The van der Waals surface area contributed by atoms with Crippen LogP contribution in [0.1, 0.15) is 12.5 Å². The normalized spacial score (nSPS) is 9.83. The molecule has 3 N–H and O–H groups in total. The summed E-state index contributed by atoms with van der Waals surface area (Å²) in [5.74, 6) is -0.193. The number of urea groups is 1. The van der Waals surface area contributed by atoms with E-state index in [1.54, 1.807) is 6.92 Å². The fraction of sp³-hybridized carbons (Fsp3) is 0.333. The number of nitrogen functional groups attached to an aromatic ring is 1. The van der Waals surface area contributed by atoms with Crippen molar-refractivity contribution in [2.75, 3.05) is 25.4 Å². The zero-order valence-electron chi connectivity index (χ0n) is 12.6. The molecule has 0 aliphatic carbocycles. The first kappa shape index (κ1) is 18.2. The molecule has 1 aromatic carbocycles. The van der Waals surface area contributed by atoms with Crippen molar-refractivity contribution < 1.29 is 23.1 Å². The Morgan fingerprint density at radius 1 is 1.39 bits per heavy atom. The topological polar surface area (TPSA) is 84.7 Å². The molecule has 23 heavy (non-hydrogen) atoms. The van der Waals surface area contributed by atoms with Crippen molar-refractivity contribution in [2.24, 2.45) is 0 Å². The molecule has 2 amide bonds. The zero-order valence-corrected chi connectivity index (χ0v) is 12.6. The van der Waals surface area contributed by atoms with Crippen molar-refractivity contribution in [1.82, 2.24) is 10.2 Å². The molecule has 0 bridgehead atoms. The number of benzene rings is 1. The van der Waals surface area contributed by atoms with Crippen LogP contribution in [0.5, 0.6) is 0 Å². The molecular formula is C15H17F2N3O3. The lowest BCUT2D eigenvalue weighted by Crippen LogP contribution is -2.42. The second-order valence-corrected chi connectivity index (χ2v) is 4.50. The first-order chi connectivity index (χ1) is 10.9. The monoisotopic (exact) mass is 325 g/mol. The van der Waals surface area contributed by atoms with E-state index in [2.05, 4.69) is 16.0 Å². The molecule has 0 heterocycles. The SMILES string of the molecule is C#CCN(Cc1cc(F)c(N)c(F)c1)C(=O)NCC(=O)OCC. The van der Waals surface area contributed by atoms with Gasteiger partial charge in [0.05, 0.1) is 13.2 Å². The number of hydrogen-bond donors (Lipinski definition) is 2. The maximum Gasteiger partial charge on any atom is 0.325 e. The van der Waals surface area contributed by atoms with Gasteiger partial charge < -0.3 is 20.7 Å².